The second kappa shape index (κ2) is 17.9. The molecule has 0 saturated carbocycles. The van der Waals surface area contributed by atoms with Crippen molar-refractivity contribution in [3.8, 4) is 5.75 Å². The van der Waals surface area contributed by atoms with Crippen LogP contribution in [0.1, 0.15) is 39.7 Å². The van der Waals surface area contributed by atoms with Gasteiger partial charge in [0.05, 0.1) is 26.2 Å². The minimum absolute atomic E-state index is 0.224. The quantitative estimate of drug-likeness (QED) is 0.521. The number of allylic oxidation sites excluding steroid dienone is 2. The van der Waals surface area contributed by atoms with E-state index in [1.165, 1.54) is 16.0 Å². The number of thioether (sulfide) groups is 1. The Labute approximate surface area is 228 Å². The average Bonchev–Trinajstić information content (AvgIpc) is 3.15. The fourth-order valence-corrected chi connectivity index (χ4v) is 5.22. The standard InChI is InChI=1S/C25H33N3O4S.2C2H6/c1-30-23-5-6-24-22(16-23)18-27(12-15-33-24)19-25(29)28-10-8-26(9-11-28)17-21-4-2-3-13-31-20-32-14-7-21;2*1-2/h3-7,13-14,16H,2,8-12,15,17-20H2,1H3;2*1-2H3/b13-3+,14-7+,21-4?;;. The minimum atomic E-state index is 0.224. The molecule has 3 heterocycles. The summed E-state index contributed by atoms with van der Waals surface area (Å²) in [6, 6.07) is 6.24. The summed E-state index contributed by atoms with van der Waals surface area (Å²) in [5.41, 5.74) is 2.46. The van der Waals surface area contributed by atoms with E-state index in [1.54, 1.807) is 19.6 Å². The van der Waals surface area contributed by atoms with Crippen LogP contribution in [0.3, 0.4) is 0 Å². The number of carbonyl (C=O) groups is 1. The van der Waals surface area contributed by atoms with Crippen LogP contribution in [0.25, 0.3) is 0 Å². The van der Waals surface area contributed by atoms with Gasteiger partial charge in [0.1, 0.15) is 5.75 Å². The Morgan fingerprint density at radius 3 is 2.51 bits per heavy atom. The number of nitrogens with zero attached hydrogens (tertiary/aromatic N) is 3. The monoisotopic (exact) mass is 531 g/mol. The molecule has 0 aromatic heterocycles. The normalized spacial score (nSPS) is 20.0. The lowest BCUT2D eigenvalue weighted by atomic mass is 10.1. The van der Waals surface area contributed by atoms with Crippen LogP contribution in [-0.4, -0.2) is 86.1 Å². The number of methoxy groups -OCH3 is 1. The van der Waals surface area contributed by atoms with Gasteiger partial charge in [0.25, 0.3) is 0 Å². The highest BCUT2D eigenvalue weighted by Gasteiger charge is 2.24. The maximum absolute atomic E-state index is 13.0. The van der Waals surface area contributed by atoms with Crippen LogP contribution in [0.4, 0.5) is 0 Å². The third-order valence-electron chi connectivity index (χ3n) is 6.04. The first-order valence-corrected chi connectivity index (χ1v) is 14.5. The molecule has 37 heavy (non-hydrogen) atoms. The molecule has 3 aliphatic rings. The van der Waals surface area contributed by atoms with E-state index in [0.29, 0.717) is 6.54 Å². The molecule has 0 spiro atoms. The maximum atomic E-state index is 13.0. The van der Waals surface area contributed by atoms with Crippen LogP contribution in [0.2, 0.25) is 0 Å². The molecule has 4 rings (SSSR count). The average molecular weight is 532 g/mol. The van der Waals surface area contributed by atoms with Crippen molar-refractivity contribution in [1.82, 2.24) is 14.7 Å². The predicted molar refractivity (Wildman–Crippen MR) is 153 cm³/mol. The summed E-state index contributed by atoms with van der Waals surface area (Å²) in [6.07, 6.45) is 10.4. The van der Waals surface area contributed by atoms with Crippen molar-refractivity contribution in [2.75, 3.05) is 65.5 Å². The predicted octanol–water partition coefficient (Wildman–Crippen LogP) is 5.15. The summed E-state index contributed by atoms with van der Waals surface area (Å²) in [4.78, 5) is 21.0. The summed E-state index contributed by atoms with van der Waals surface area (Å²) >= 11 is 1.86. The minimum Gasteiger partial charge on any atom is -0.497 e. The Hall–Kier alpha value is -2.42. The Bertz CT molecular complexity index is 895. The molecule has 8 heteroatoms. The molecule has 3 aliphatic heterocycles. The van der Waals surface area contributed by atoms with Crippen LogP contribution in [0.15, 0.2) is 59.4 Å². The van der Waals surface area contributed by atoms with Crippen molar-refractivity contribution in [2.24, 2.45) is 0 Å². The van der Waals surface area contributed by atoms with Gasteiger partial charge >= 0.3 is 0 Å². The summed E-state index contributed by atoms with van der Waals surface area (Å²) in [5.74, 6) is 2.09. The van der Waals surface area contributed by atoms with Gasteiger partial charge in [-0.05, 0) is 47.9 Å². The number of hydrogen-bond acceptors (Lipinski definition) is 7. The summed E-state index contributed by atoms with van der Waals surface area (Å²) in [6.45, 7) is 14.6. The number of amides is 1. The molecular weight excluding hydrogens is 486 g/mol. The van der Waals surface area contributed by atoms with Crippen molar-refractivity contribution in [3.63, 3.8) is 0 Å². The number of rotatable bonds is 5. The van der Waals surface area contributed by atoms with E-state index in [1.807, 2.05) is 62.6 Å². The number of benzene rings is 1. The Morgan fingerprint density at radius 2 is 1.76 bits per heavy atom. The topological polar surface area (TPSA) is 54.5 Å². The Kier molecular flexibility index (Phi) is 14.9. The molecule has 0 radical (unpaired) electrons. The fourth-order valence-electron chi connectivity index (χ4n) is 4.17. The number of hydrogen-bond donors (Lipinski definition) is 0. The summed E-state index contributed by atoms with van der Waals surface area (Å²) in [5, 5.41) is 0. The highest BCUT2D eigenvalue weighted by Crippen LogP contribution is 2.30. The molecule has 1 aromatic rings. The zero-order chi connectivity index (χ0) is 26.9. The molecular formula is C29H45N3O4S. The van der Waals surface area contributed by atoms with Gasteiger partial charge in [-0.15, -0.1) is 11.8 Å². The Morgan fingerprint density at radius 1 is 1.00 bits per heavy atom. The summed E-state index contributed by atoms with van der Waals surface area (Å²) < 4.78 is 15.9. The molecule has 0 N–H and O–H groups in total. The van der Waals surface area contributed by atoms with Gasteiger partial charge in [0.15, 0.2) is 0 Å². The smallest absolute Gasteiger partial charge is 0.236 e. The Balaban J connectivity index is 0.00000115. The van der Waals surface area contributed by atoms with Crippen LogP contribution in [0, 0.1) is 0 Å². The van der Waals surface area contributed by atoms with Crippen molar-refractivity contribution in [1.29, 1.82) is 0 Å². The van der Waals surface area contributed by atoms with Gasteiger partial charge in [0, 0.05) is 56.5 Å². The molecule has 7 nitrogen and oxygen atoms in total. The van der Waals surface area contributed by atoms with Crippen LogP contribution < -0.4 is 4.74 Å². The lowest BCUT2D eigenvalue weighted by Gasteiger charge is -2.36. The molecule has 0 unspecified atom stereocenters. The van der Waals surface area contributed by atoms with Gasteiger partial charge in [-0.2, -0.15) is 0 Å². The van der Waals surface area contributed by atoms with Gasteiger partial charge in [0.2, 0.25) is 12.7 Å². The zero-order valence-corrected chi connectivity index (χ0v) is 24.1. The molecule has 1 saturated heterocycles. The van der Waals surface area contributed by atoms with Crippen molar-refractivity contribution in [3.05, 3.63) is 60.1 Å². The first-order chi connectivity index (χ1) is 18.2. The van der Waals surface area contributed by atoms with E-state index in [4.69, 9.17) is 14.2 Å². The molecule has 0 atom stereocenters. The molecule has 1 aromatic carbocycles. The van der Waals surface area contributed by atoms with E-state index in [-0.39, 0.29) is 12.7 Å². The van der Waals surface area contributed by atoms with E-state index in [0.717, 1.165) is 63.7 Å². The molecule has 0 aliphatic carbocycles. The first kappa shape index (κ1) is 30.8. The number of piperazine rings is 1. The third kappa shape index (κ3) is 10.5. The molecule has 0 bridgehead atoms. The maximum Gasteiger partial charge on any atom is 0.236 e. The van der Waals surface area contributed by atoms with Crippen LogP contribution >= 0.6 is 11.8 Å². The molecule has 1 fully saturated rings. The lowest BCUT2D eigenvalue weighted by molar-refractivity contribution is -0.134. The van der Waals surface area contributed by atoms with Crippen LogP contribution in [0.5, 0.6) is 5.75 Å². The summed E-state index contributed by atoms with van der Waals surface area (Å²) in [7, 11) is 1.69. The second-order valence-corrected chi connectivity index (χ2v) is 9.47. The van der Waals surface area contributed by atoms with Gasteiger partial charge in [-0.1, -0.05) is 33.8 Å². The van der Waals surface area contributed by atoms with Crippen molar-refractivity contribution >= 4 is 17.7 Å². The van der Waals surface area contributed by atoms with Gasteiger partial charge < -0.3 is 19.1 Å². The highest BCUT2D eigenvalue weighted by molar-refractivity contribution is 7.99. The largest absolute Gasteiger partial charge is 0.497 e. The molecule has 206 valence electrons. The SMILES string of the molecule is CC.CC.COc1ccc2c(c1)CN(CC(=O)N1CCN(CC3=CC/C=C/OCO/C=C/3)CC1)CCS2. The highest BCUT2D eigenvalue weighted by atomic mass is 32.2. The van der Waals surface area contributed by atoms with E-state index in [2.05, 4.69) is 28.0 Å². The third-order valence-corrected chi connectivity index (χ3v) is 7.14. The fraction of sp³-hybridized carbons (Fsp3) is 0.552. The zero-order valence-electron chi connectivity index (χ0n) is 23.3. The van der Waals surface area contributed by atoms with E-state index < -0.39 is 0 Å². The first-order valence-electron chi connectivity index (χ1n) is 13.5. The molecule has 1 amide bonds. The van der Waals surface area contributed by atoms with Crippen LogP contribution in [-0.2, 0) is 20.8 Å². The number of carbonyl (C=O) groups excluding carboxylic acids is 1. The number of fused-ring (bicyclic) bond motifs is 1. The van der Waals surface area contributed by atoms with Crippen molar-refractivity contribution in [2.45, 2.75) is 45.6 Å². The number of ether oxygens (including phenoxy) is 3. The van der Waals surface area contributed by atoms with E-state index >= 15 is 0 Å². The second-order valence-electron chi connectivity index (χ2n) is 8.33. The van der Waals surface area contributed by atoms with Gasteiger partial charge in [-0.25, -0.2) is 0 Å². The van der Waals surface area contributed by atoms with Crippen molar-refractivity contribution < 1.29 is 19.0 Å². The van der Waals surface area contributed by atoms with E-state index in [9.17, 15) is 4.79 Å². The van der Waals surface area contributed by atoms with Gasteiger partial charge in [-0.3, -0.25) is 14.6 Å². The lowest BCUT2D eigenvalue weighted by Crippen LogP contribution is -2.51.